The second-order valence-electron chi connectivity index (χ2n) is 6.58. The number of hydrogen-bond acceptors (Lipinski definition) is 1. The Morgan fingerprint density at radius 3 is 2.50 bits per heavy atom. The Balaban J connectivity index is 2.07. The lowest BCUT2D eigenvalue weighted by atomic mass is 9.86. The largest absolute Gasteiger partial charge is 0.314 e. The van der Waals surface area contributed by atoms with Gasteiger partial charge in [-0.3, -0.25) is 0 Å². The maximum Gasteiger partial charge on any atom is 0.00415 e. The third kappa shape index (κ3) is 6.52. The van der Waals surface area contributed by atoms with Crippen molar-refractivity contribution in [3.05, 3.63) is 0 Å². The van der Waals surface area contributed by atoms with Gasteiger partial charge in [0.2, 0.25) is 0 Å². The first-order chi connectivity index (χ1) is 7.53. The molecule has 1 unspecified atom stereocenters. The van der Waals surface area contributed by atoms with Crippen LogP contribution in [0, 0.1) is 11.3 Å². The summed E-state index contributed by atoms with van der Waals surface area (Å²) in [5.74, 6) is 1.05. The highest BCUT2D eigenvalue weighted by atomic mass is 14.9. The van der Waals surface area contributed by atoms with Crippen molar-refractivity contribution in [2.45, 2.75) is 78.7 Å². The molecule has 0 bridgehead atoms. The summed E-state index contributed by atoms with van der Waals surface area (Å²) in [4.78, 5) is 0. The molecule has 0 aromatic carbocycles. The van der Waals surface area contributed by atoms with Gasteiger partial charge in [-0.15, -0.1) is 0 Å². The molecule has 1 atom stereocenters. The predicted molar refractivity (Wildman–Crippen MR) is 72.7 cm³/mol. The van der Waals surface area contributed by atoms with Crippen LogP contribution in [0.2, 0.25) is 0 Å². The second kappa shape index (κ2) is 6.64. The average molecular weight is 225 g/mol. The summed E-state index contributed by atoms with van der Waals surface area (Å²) in [6.45, 7) is 10.6. The molecule has 16 heavy (non-hydrogen) atoms. The Morgan fingerprint density at radius 2 is 1.94 bits per heavy atom. The van der Waals surface area contributed by atoms with Crippen LogP contribution in [0.15, 0.2) is 0 Å². The molecule has 0 radical (unpaired) electrons. The molecule has 0 amide bonds. The van der Waals surface area contributed by atoms with Crippen molar-refractivity contribution in [1.82, 2.24) is 5.32 Å². The molecule has 0 spiro atoms. The van der Waals surface area contributed by atoms with Crippen LogP contribution < -0.4 is 5.32 Å². The molecule has 1 aliphatic rings. The molecule has 1 aliphatic carbocycles. The van der Waals surface area contributed by atoms with Gasteiger partial charge in [0, 0.05) is 12.6 Å². The van der Waals surface area contributed by atoms with E-state index in [-0.39, 0.29) is 0 Å². The zero-order valence-electron chi connectivity index (χ0n) is 11.8. The highest BCUT2D eigenvalue weighted by Crippen LogP contribution is 2.33. The molecule has 0 saturated heterocycles. The van der Waals surface area contributed by atoms with Crippen LogP contribution in [-0.2, 0) is 0 Å². The van der Waals surface area contributed by atoms with Crippen LogP contribution in [0.25, 0.3) is 0 Å². The summed E-state index contributed by atoms with van der Waals surface area (Å²) in [7, 11) is 0. The van der Waals surface area contributed by atoms with Crippen molar-refractivity contribution in [3.8, 4) is 0 Å². The fourth-order valence-corrected chi connectivity index (χ4v) is 2.33. The molecule has 0 heterocycles. The monoisotopic (exact) mass is 225 g/mol. The molecule has 0 aromatic rings. The number of nitrogens with one attached hydrogen (secondary N) is 1. The molecule has 1 nitrogen and oxygen atoms in total. The molecule has 1 rings (SSSR count). The van der Waals surface area contributed by atoms with Gasteiger partial charge in [0.1, 0.15) is 0 Å². The number of hydrogen-bond donors (Lipinski definition) is 1. The van der Waals surface area contributed by atoms with E-state index in [1.54, 1.807) is 0 Å². The van der Waals surface area contributed by atoms with Crippen molar-refractivity contribution < 1.29 is 0 Å². The Hall–Kier alpha value is -0.0400. The minimum Gasteiger partial charge on any atom is -0.314 e. The van der Waals surface area contributed by atoms with E-state index in [0.29, 0.717) is 5.41 Å². The lowest BCUT2D eigenvalue weighted by Crippen LogP contribution is -2.35. The first-order valence-electron chi connectivity index (χ1n) is 7.27. The van der Waals surface area contributed by atoms with Crippen LogP contribution in [0.1, 0.15) is 72.6 Å². The molecule has 1 N–H and O–H groups in total. The third-order valence-electron chi connectivity index (χ3n) is 3.77. The standard InChI is InChI=1S/C15H31N/c1-5-6-7-10-15(3,4)12-16-13(2)11-14-8-9-14/h13-14,16H,5-12H2,1-4H3. The fraction of sp³-hybridized carbons (Fsp3) is 1.00. The molecule has 1 heteroatoms. The van der Waals surface area contributed by atoms with Gasteiger partial charge in [0.25, 0.3) is 0 Å². The van der Waals surface area contributed by atoms with Gasteiger partial charge in [-0.05, 0) is 31.1 Å². The maximum atomic E-state index is 3.72. The van der Waals surface area contributed by atoms with E-state index in [9.17, 15) is 0 Å². The van der Waals surface area contributed by atoms with Crippen LogP contribution >= 0.6 is 0 Å². The van der Waals surface area contributed by atoms with Gasteiger partial charge < -0.3 is 5.32 Å². The lowest BCUT2D eigenvalue weighted by molar-refractivity contribution is 0.285. The number of unbranched alkanes of at least 4 members (excludes halogenated alkanes) is 2. The van der Waals surface area contributed by atoms with Gasteiger partial charge >= 0.3 is 0 Å². The molecule has 1 saturated carbocycles. The average Bonchev–Trinajstić information content (AvgIpc) is 2.99. The Kier molecular flexibility index (Phi) is 5.82. The van der Waals surface area contributed by atoms with Gasteiger partial charge in [-0.1, -0.05) is 52.9 Å². The van der Waals surface area contributed by atoms with E-state index < -0.39 is 0 Å². The summed E-state index contributed by atoms with van der Waals surface area (Å²) in [5, 5.41) is 3.72. The molecule has 96 valence electrons. The van der Waals surface area contributed by atoms with E-state index in [0.717, 1.165) is 12.0 Å². The molecule has 0 aromatic heterocycles. The Labute approximate surface area is 102 Å². The molecular formula is C15H31N. The minimum atomic E-state index is 0.479. The van der Waals surface area contributed by atoms with Crippen molar-refractivity contribution in [3.63, 3.8) is 0 Å². The first kappa shape index (κ1) is 14.0. The fourth-order valence-electron chi connectivity index (χ4n) is 2.33. The van der Waals surface area contributed by atoms with Crippen molar-refractivity contribution in [2.75, 3.05) is 6.54 Å². The topological polar surface area (TPSA) is 12.0 Å². The van der Waals surface area contributed by atoms with Gasteiger partial charge in [0.15, 0.2) is 0 Å². The summed E-state index contributed by atoms with van der Waals surface area (Å²) in [5.41, 5.74) is 0.479. The summed E-state index contributed by atoms with van der Waals surface area (Å²) in [6.07, 6.45) is 9.83. The van der Waals surface area contributed by atoms with E-state index in [1.165, 1.54) is 51.5 Å². The summed E-state index contributed by atoms with van der Waals surface area (Å²) < 4.78 is 0. The SMILES string of the molecule is CCCCCC(C)(C)CNC(C)CC1CC1. The third-order valence-corrected chi connectivity index (χ3v) is 3.77. The maximum absolute atomic E-state index is 3.72. The predicted octanol–water partition coefficient (Wildman–Crippen LogP) is 4.37. The van der Waals surface area contributed by atoms with Crippen LogP contribution in [-0.4, -0.2) is 12.6 Å². The summed E-state index contributed by atoms with van der Waals surface area (Å²) >= 11 is 0. The van der Waals surface area contributed by atoms with Crippen molar-refractivity contribution in [1.29, 1.82) is 0 Å². The van der Waals surface area contributed by atoms with E-state index in [2.05, 4.69) is 33.0 Å². The van der Waals surface area contributed by atoms with Gasteiger partial charge in [-0.2, -0.15) is 0 Å². The zero-order valence-corrected chi connectivity index (χ0v) is 11.8. The van der Waals surface area contributed by atoms with E-state index in [1.807, 2.05) is 0 Å². The Morgan fingerprint density at radius 1 is 1.25 bits per heavy atom. The summed E-state index contributed by atoms with van der Waals surface area (Å²) in [6, 6.07) is 0.720. The number of rotatable bonds is 9. The zero-order chi connectivity index (χ0) is 12.0. The normalized spacial score (nSPS) is 18.8. The van der Waals surface area contributed by atoms with Crippen molar-refractivity contribution >= 4 is 0 Å². The van der Waals surface area contributed by atoms with Gasteiger partial charge in [-0.25, -0.2) is 0 Å². The van der Waals surface area contributed by atoms with E-state index >= 15 is 0 Å². The second-order valence-corrected chi connectivity index (χ2v) is 6.58. The molecule has 0 aliphatic heterocycles. The van der Waals surface area contributed by atoms with Gasteiger partial charge in [0.05, 0.1) is 0 Å². The molecule has 1 fully saturated rings. The van der Waals surface area contributed by atoms with Crippen LogP contribution in [0.4, 0.5) is 0 Å². The minimum absolute atomic E-state index is 0.479. The quantitative estimate of drug-likeness (QED) is 0.575. The van der Waals surface area contributed by atoms with Crippen molar-refractivity contribution in [2.24, 2.45) is 11.3 Å². The van der Waals surface area contributed by atoms with Crippen LogP contribution in [0.3, 0.4) is 0 Å². The van der Waals surface area contributed by atoms with E-state index in [4.69, 9.17) is 0 Å². The van der Waals surface area contributed by atoms with Crippen LogP contribution in [0.5, 0.6) is 0 Å². The highest BCUT2D eigenvalue weighted by molar-refractivity contribution is 4.80. The Bertz CT molecular complexity index is 182. The lowest BCUT2D eigenvalue weighted by Gasteiger charge is -2.27. The first-order valence-corrected chi connectivity index (χ1v) is 7.27. The smallest absolute Gasteiger partial charge is 0.00415 e. The molecular weight excluding hydrogens is 194 g/mol. The highest BCUT2D eigenvalue weighted by Gasteiger charge is 2.24.